The summed E-state index contributed by atoms with van der Waals surface area (Å²) in [6.07, 6.45) is 1.20. The molecule has 0 unspecified atom stereocenters. The molecular formula is C18H25BO6. The van der Waals surface area contributed by atoms with Gasteiger partial charge in [-0.15, -0.1) is 0 Å². The molecule has 1 aliphatic heterocycles. The first-order valence-corrected chi connectivity index (χ1v) is 8.06. The van der Waals surface area contributed by atoms with Crippen LogP contribution in [0.1, 0.15) is 33.3 Å². The van der Waals surface area contributed by atoms with E-state index in [1.54, 1.807) is 6.07 Å². The third-order valence-electron chi connectivity index (χ3n) is 4.57. The predicted octanol–water partition coefficient (Wildman–Crippen LogP) is 2.33. The Balaban J connectivity index is 2.30. The van der Waals surface area contributed by atoms with Crippen molar-refractivity contribution in [1.82, 2.24) is 0 Å². The Labute approximate surface area is 149 Å². The monoisotopic (exact) mass is 348 g/mol. The average Bonchev–Trinajstić information content (AvgIpc) is 2.76. The van der Waals surface area contributed by atoms with Gasteiger partial charge in [0.1, 0.15) is 12.0 Å². The molecule has 0 spiro atoms. The van der Waals surface area contributed by atoms with E-state index >= 15 is 0 Å². The molecule has 0 aliphatic carbocycles. The minimum Gasteiger partial charge on any atom is -0.500 e. The summed E-state index contributed by atoms with van der Waals surface area (Å²) in [5.74, 6) is -0.164. The normalized spacial score (nSPS) is 18.8. The van der Waals surface area contributed by atoms with E-state index in [2.05, 4.69) is 0 Å². The number of aryl methyl sites for hydroxylation is 1. The number of ether oxygens (including phenoxy) is 3. The summed E-state index contributed by atoms with van der Waals surface area (Å²) in [4.78, 5) is 11.8. The van der Waals surface area contributed by atoms with Crippen molar-refractivity contribution in [3.8, 4) is 5.75 Å². The summed E-state index contributed by atoms with van der Waals surface area (Å²) in [6.45, 7) is 9.86. The second kappa shape index (κ2) is 7.10. The smallest absolute Gasteiger partial charge is 0.494 e. The second-order valence-electron chi connectivity index (χ2n) is 6.92. The van der Waals surface area contributed by atoms with Gasteiger partial charge < -0.3 is 23.5 Å². The van der Waals surface area contributed by atoms with Crippen LogP contribution in [0, 0.1) is 6.92 Å². The van der Waals surface area contributed by atoms with Gasteiger partial charge in [-0.2, -0.15) is 0 Å². The van der Waals surface area contributed by atoms with Crippen molar-refractivity contribution >= 4 is 18.6 Å². The highest BCUT2D eigenvalue weighted by molar-refractivity contribution is 6.62. The first-order valence-electron chi connectivity index (χ1n) is 8.06. The van der Waals surface area contributed by atoms with E-state index in [0.29, 0.717) is 5.75 Å². The second-order valence-corrected chi connectivity index (χ2v) is 6.92. The summed E-state index contributed by atoms with van der Waals surface area (Å²) in [5.41, 5.74) is 0.792. The predicted molar refractivity (Wildman–Crippen MR) is 94.6 cm³/mol. The molecule has 0 atom stereocenters. The number of hydrogen-bond acceptors (Lipinski definition) is 6. The van der Waals surface area contributed by atoms with Crippen LogP contribution in [0.2, 0.25) is 0 Å². The van der Waals surface area contributed by atoms with Gasteiger partial charge in [-0.1, -0.05) is 12.1 Å². The van der Waals surface area contributed by atoms with Gasteiger partial charge in [0, 0.05) is 0 Å². The van der Waals surface area contributed by atoms with Gasteiger partial charge in [0.25, 0.3) is 0 Å². The lowest BCUT2D eigenvalue weighted by atomic mass is 9.78. The summed E-state index contributed by atoms with van der Waals surface area (Å²) < 4.78 is 27.4. The van der Waals surface area contributed by atoms with Crippen molar-refractivity contribution in [3.63, 3.8) is 0 Å². The molecule has 0 N–H and O–H groups in total. The Hall–Kier alpha value is -1.99. The van der Waals surface area contributed by atoms with Crippen LogP contribution >= 0.6 is 0 Å². The van der Waals surface area contributed by atoms with E-state index < -0.39 is 24.3 Å². The number of methoxy groups -OCH3 is 2. The maximum absolute atomic E-state index is 11.8. The van der Waals surface area contributed by atoms with E-state index in [0.717, 1.165) is 11.0 Å². The molecule has 136 valence electrons. The van der Waals surface area contributed by atoms with Crippen molar-refractivity contribution in [2.24, 2.45) is 0 Å². The Morgan fingerprint density at radius 3 is 2.24 bits per heavy atom. The zero-order chi connectivity index (χ0) is 18.8. The number of carbonyl (C=O) groups is 1. The topological polar surface area (TPSA) is 63.2 Å². The van der Waals surface area contributed by atoms with E-state index in [9.17, 15) is 4.79 Å². The van der Waals surface area contributed by atoms with Gasteiger partial charge in [-0.3, -0.25) is 0 Å². The van der Waals surface area contributed by atoms with Gasteiger partial charge in [-0.25, -0.2) is 4.79 Å². The number of hydrogen-bond donors (Lipinski definition) is 0. The molecule has 1 aromatic rings. The van der Waals surface area contributed by atoms with E-state index in [1.807, 2.05) is 46.8 Å². The minimum absolute atomic E-state index is 0.0424. The highest BCUT2D eigenvalue weighted by atomic mass is 16.7. The van der Waals surface area contributed by atoms with Crippen LogP contribution in [0.5, 0.6) is 5.75 Å². The van der Waals surface area contributed by atoms with Gasteiger partial charge in [0.2, 0.25) is 5.76 Å². The van der Waals surface area contributed by atoms with Gasteiger partial charge in [0.05, 0.1) is 25.4 Å². The van der Waals surface area contributed by atoms with Crippen LogP contribution in [0.15, 0.2) is 30.2 Å². The third-order valence-corrected chi connectivity index (χ3v) is 4.57. The quantitative estimate of drug-likeness (QED) is 0.352. The zero-order valence-corrected chi connectivity index (χ0v) is 15.8. The lowest BCUT2D eigenvalue weighted by molar-refractivity contribution is -0.138. The highest BCUT2D eigenvalue weighted by Crippen LogP contribution is 2.36. The summed E-state index contributed by atoms with van der Waals surface area (Å²) in [6, 6.07) is 5.60. The fraction of sp³-hybridized carbons (Fsp3) is 0.500. The summed E-state index contributed by atoms with van der Waals surface area (Å²) >= 11 is 0. The zero-order valence-electron chi connectivity index (χ0n) is 15.8. The van der Waals surface area contributed by atoms with Crippen molar-refractivity contribution in [2.45, 2.75) is 45.8 Å². The molecule has 1 heterocycles. The molecule has 1 saturated heterocycles. The lowest BCUT2D eigenvalue weighted by Gasteiger charge is -2.32. The first-order chi connectivity index (χ1) is 11.6. The molecule has 0 radical (unpaired) electrons. The molecule has 1 fully saturated rings. The molecule has 0 aromatic heterocycles. The first kappa shape index (κ1) is 19.3. The SMILES string of the molecule is CO/C=C(\Oc1cc(B2OC(C)(C)C(C)(C)O2)ccc1C)C(=O)OC. The minimum atomic E-state index is -0.623. The van der Waals surface area contributed by atoms with Crippen LogP contribution in [0.4, 0.5) is 0 Å². The number of carbonyl (C=O) groups excluding carboxylic acids is 1. The maximum atomic E-state index is 11.8. The molecule has 7 heteroatoms. The third kappa shape index (κ3) is 3.99. The molecule has 0 saturated carbocycles. The van der Waals surface area contributed by atoms with E-state index in [-0.39, 0.29) is 5.76 Å². The van der Waals surface area contributed by atoms with Gasteiger partial charge >= 0.3 is 13.1 Å². The molecule has 2 rings (SSSR count). The van der Waals surface area contributed by atoms with E-state index in [4.69, 9.17) is 23.5 Å². The fourth-order valence-corrected chi connectivity index (χ4v) is 2.29. The standard InChI is InChI=1S/C18H25BO6/c1-12-8-9-13(19-24-17(2,3)18(4,5)25-19)10-14(12)23-15(11-21-6)16(20)22-7/h8-11H,1-7H3/b15-11-. The van der Waals surface area contributed by atoms with Crippen LogP contribution in [-0.2, 0) is 23.6 Å². The van der Waals surface area contributed by atoms with Crippen molar-refractivity contribution in [1.29, 1.82) is 0 Å². The molecule has 0 bridgehead atoms. The van der Waals surface area contributed by atoms with Crippen LogP contribution in [0.3, 0.4) is 0 Å². The molecular weight excluding hydrogens is 323 g/mol. The van der Waals surface area contributed by atoms with Crippen molar-refractivity contribution < 1.29 is 28.3 Å². The Morgan fingerprint density at radius 2 is 1.72 bits per heavy atom. The maximum Gasteiger partial charge on any atom is 0.494 e. The Morgan fingerprint density at radius 1 is 1.12 bits per heavy atom. The molecule has 0 amide bonds. The van der Waals surface area contributed by atoms with Crippen LogP contribution < -0.4 is 10.2 Å². The van der Waals surface area contributed by atoms with Crippen LogP contribution in [0.25, 0.3) is 0 Å². The molecule has 25 heavy (non-hydrogen) atoms. The molecule has 1 aliphatic rings. The largest absolute Gasteiger partial charge is 0.500 e. The number of rotatable bonds is 5. The lowest BCUT2D eigenvalue weighted by Crippen LogP contribution is -2.41. The number of benzene rings is 1. The Kier molecular flexibility index (Phi) is 5.49. The van der Waals surface area contributed by atoms with Gasteiger partial charge in [-0.05, 0) is 51.7 Å². The summed E-state index contributed by atoms with van der Waals surface area (Å²) in [7, 11) is 2.20. The van der Waals surface area contributed by atoms with Crippen molar-refractivity contribution in [2.75, 3.05) is 14.2 Å². The van der Waals surface area contributed by atoms with Gasteiger partial charge in [0.15, 0.2) is 0 Å². The Bertz CT molecular complexity index is 664. The fourth-order valence-electron chi connectivity index (χ4n) is 2.29. The highest BCUT2D eigenvalue weighted by Gasteiger charge is 2.51. The van der Waals surface area contributed by atoms with E-state index in [1.165, 1.54) is 20.5 Å². The molecule has 1 aromatic carbocycles. The summed E-state index contributed by atoms with van der Waals surface area (Å²) in [5, 5.41) is 0. The average molecular weight is 348 g/mol. The van der Waals surface area contributed by atoms with Crippen LogP contribution in [-0.4, -0.2) is 38.5 Å². The van der Waals surface area contributed by atoms with Crippen molar-refractivity contribution in [3.05, 3.63) is 35.8 Å². The number of esters is 1. The molecule has 6 nitrogen and oxygen atoms in total.